The summed E-state index contributed by atoms with van der Waals surface area (Å²) >= 11 is 0. The summed E-state index contributed by atoms with van der Waals surface area (Å²) in [5.74, 6) is 0. The van der Waals surface area contributed by atoms with Gasteiger partial charge in [0.2, 0.25) is 0 Å². The molecule has 76 valence electrons. The standard InChI is InChI=1S/C5H12O.C4H10O.W/c1-5(2,3)4-6;1-4(2,3)5;/h6H,4H2,1-3H3;5H,1-3H3;. The minimum atomic E-state index is -0.500. The molecule has 0 aliphatic carbocycles. The summed E-state index contributed by atoms with van der Waals surface area (Å²) in [6.45, 7) is 11.5. The van der Waals surface area contributed by atoms with Crippen LogP contribution >= 0.6 is 0 Å². The van der Waals surface area contributed by atoms with E-state index in [0.29, 0.717) is 0 Å². The van der Waals surface area contributed by atoms with Crippen LogP contribution in [0.3, 0.4) is 0 Å². The Morgan fingerprint density at radius 1 is 0.917 bits per heavy atom. The molecule has 0 aromatic heterocycles. The Labute approximate surface area is 90.6 Å². The van der Waals surface area contributed by atoms with E-state index in [-0.39, 0.29) is 33.1 Å². The van der Waals surface area contributed by atoms with Crippen molar-refractivity contribution < 1.29 is 31.3 Å². The van der Waals surface area contributed by atoms with Crippen LogP contribution in [0, 0.1) is 5.41 Å². The first-order chi connectivity index (χ1) is 4.56. The molecule has 0 heterocycles. The molecule has 0 fully saturated rings. The fourth-order valence-electron chi connectivity index (χ4n) is 0. The van der Waals surface area contributed by atoms with Gasteiger partial charge in [-0.1, -0.05) is 20.8 Å². The van der Waals surface area contributed by atoms with Crippen LogP contribution in [-0.2, 0) is 21.1 Å². The van der Waals surface area contributed by atoms with E-state index in [4.69, 9.17) is 10.2 Å². The van der Waals surface area contributed by atoms with Crippen LogP contribution < -0.4 is 0 Å². The summed E-state index contributed by atoms with van der Waals surface area (Å²) in [4.78, 5) is 0. The van der Waals surface area contributed by atoms with Gasteiger partial charge >= 0.3 is 0 Å². The van der Waals surface area contributed by atoms with E-state index in [0.717, 1.165) is 0 Å². The zero-order valence-corrected chi connectivity index (χ0v) is 11.9. The average Bonchev–Trinajstić information content (AvgIpc) is 1.59. The maximum absolute atomic E-state index is 8.52. The van der Waals surface area contributed by atoms with Crippen molar-refractivity contribution in [3.63, 3.8) is 0 Å². The summed E-state index contributed by atoms with van der Waals surface area (Å²) < 4.78 is 0. The summed E-state index contributed by atoms with van der Waals surface area (Å²) in [5.41, 5.74) is -0.403. The first kappa shape index (κ1) is 18.4. The van der Waals surface area contributed by atoms with Gasteiger partial charge in [-0.2, -0.15) is 0 Å². The smallest absolute Gasteiger partial charge is 0.0563 e. The maximum Gasteiger partial charge on any atom is 0.0563 e. The van der Waals surface area contributed by atoms with E-state index in [1.54, 1.807) is 20.8 Å². The van der Waals surface area contributed by atoms with Gasteiger partial charge in [0.1, 0.15) is 0 Å². The first-order valence-electron chi connectivity index (χ1n) is 3.89. The van der Waals surface area contributed by atoms with Crippen molar-refractivity contribution in [1.29, 1.82) is 0 Å². The Morgan fingerprint density at radius 3 is 1.00 bits per heavy atom. The Balaban J connectivity index is -0.000000126. The van der Waals surface area contributed by atoms with Crippen molar-refractivity contribution in [3.8, 4) is 0 Å². The van der Waals surface area contributed by atoms with E-state index in [2.05, 4.69) is 0 Å². The van der Waals surface area contributed by atoms with Crippen molar-refractivity contribution in [2.24, 2.45) is 5.41 Å². The van der Waals surface area contributed by atoms with E-state index in [1.165, 1.54) is 0 Å². The Kier molecular flexibility index (Phi) is 10.8. The van der Waals surface area contributed by atoms with Crippen molar-refractivity contribution >= 4 is 0 Å². The molecule has 0 aromatic rings. The van der Waals surface area contributed by atoms with E-state index >= 15 is 0 Å². The van der Waals surface area contributed by atoms with Crippen LogP contribution in [0.2, 0.25) is 0 Å². The zero-order valence-electron chi connectivity index (χ0n) is 9.01. The van der Waals surface area contributed by atoms with Gasteiger partial charge in [-0.05, 0) is 26.2 Å². The SMILES string of the molecule is CC(C)(C)CO.CC(C)(C)O.[W]. The van der Waals surface area contributed by atoms with E-state index < -0.39 is 5.60 Å². The molecule has 0 unspecified atom stereocenters. The summed E-state index contributed by atoms with van der Waals surface area (Å²) in [7, 11) is 0. The van der Waals surface area contributed by atoms with Gasteiger partial charge in [-0.25, -0.2) is 0 Å². The average molecular weight is 346 g/mol. The largest absolute Gasteiger partial charge is 0.396 e. The maximum atomic E-state index is 8.52. The molecule has 0 aliphatic rings. The molecule has 0 bridgehead atoms. The van der Waals surface area contributed by atoms with Gasteiger partial charge in [-0.15, -0.1) is 0 Å². The molecule has 0 aromatic carbocycles. The van der Waals surface area contributed by atoms with Crippen LogP contribution in [0.1, 0.15) is 41.5 Å². The predicted octanol–water partition coefficient (Wildman–Crippen LogP) is 1.80. The monoisotopic (exact) mass is 346 g/mol. The van der Waals surface area contributed by atoms with Crippen molar-refractivity contribution in [2.45, 2.75) is 47.1 Å². The minimum absolute atomic E-state index is 0. The number of rotatable bonds is 0. The van der Waals surface area contributed by atoms with Gasteiger partial charge in [0.25, 0.3) is 0 Å². The van der Waals surface area contributed by atoms with E-state index in [1.807, 2.05) is 20.8 Å². The fourth-order valence-corrected chi connectivity index (χ4v) is 0. The van der Waals surface area contributed by atoms with Crippen molar-refractivity contribution in [3.05, 3.63) is 0 Å². The fraction of sp³-hybridized carbons (Fsp3) is 1.00. The topological polar surface area (TPSA) is 40.5 Å². The second kappa shape index (κ2) is 7.05. The third kappa shape index (κ3) is 75.2. The third-order valence-electron chi connectivity index (χ3n) is 0.474. The first-order valence-corrected chi connectivity index (χ1v) is 3.89. The quantitative estimate of drug-likeness (QED) is 0.702. The van der Waals surface area contributed by atoms with Gasteiger partial charge in [0.15, 0.2) is 0 Å². The summed E-state index contributed by atoms with van der Waals surface area (Å²) in [6.07, 6.45) is 0. The van der Waals surface area contributed by atoms with Crippen LogP contribution in [0.15, 0.2) is 0 Å². The molecule has 0 atom stereocenters. The molecular weight excluding hydrogens is 324 g/mol. The molecule has 3 heteroatoms. The number of hydrogen-bond acceptors (Lipinski definition) is 2. The van der Waals surface area contributed by atoms with Gasteiger partial charge in [0.05, 0.1) is 5.60 Å². The molecule has 0 saturated heterocycles. The molecule has 0 saturated carbocycles. The molecule has 0 aliphatic heterocycles. The zero-order chi connectivity index (χ0) is 9.71. The molecule has 2 nitrogen and oxygen atoms in total. The van der Waals surface area contributed by atoms with Crippen molar-refractivity contribution in [2.75, 3.05) is 6.61 Å². The Hall–Kier alpha value is 0.608. The minimum Gasteiger partial charge on any atom is -0.396 e. The summed E-state index contributed by atoms with van der Waals surface area (Å²) in [6, 6.07) is 0. The second-order valence-electron chi connectivity index (χ2n) is 4.89. The van der Waals surface area contributed by atoms with Gasteiger partial charge in [-0.3, -0.25) is 0 Å². The number of aliphatic hydroxyl groups is 2. The van der Waals surface area contributed by atoms with Crippen molar-refractivity contribution in [1.82, 2.24) is 0 Å². The Bertz CT molecular complexity index is 83.7. The van der Waals surface area contributed by atoms with Crippen LogP contribution in [0.5, 0.6) is 0 Å². The Morgan fingerprint density at radius 2 is 1.00 bits per heavy atom. The molecule has 0 amide bonds. The molecule has 0 radical (unpaired) electrons. The predicted molar refractivity (Wildman–Crippen MR) is 48.5 cm³/mol. The number of aliphatic hydroxyl groups excluding tert-OH is 1. The van der Waals surface area contributed by atoms with E-state index in [9.17, 15) is 0 Å². The molecular formula is C9H22O2W. The van der Waals surface area contributed by atoms with Crippen LogP contribution in [-0.4, -0.2) is 22.4 Å². The molecule has 12 heavy (non-hydrogen) atoms. The third-order valence-corrected chi connectivity index (χ3v) is 0.474. The molecule has 0 rings (SSSR count). The normalized spacial score (nSPS) is 11.0. The van der Waals surface area contributed by atoms with Gasteiger partial charge < -0.3 is 10.2 Å². The van der Waals surface area contributed by atoms with Gasteiger partial charge in [0, 0.05) is 27.7 Å². The second-order valence-corrected chi connectivity index (χ2v) is 4.89. The molecule has 2 N–H and O–H groups in total. The summed E-state index contributed by atoms with van der Waals surface area (Å²) in [5, 5.41) is 16.9. The number of hydrogen-bond donors (Lipinski definition) is 2. The van der Waals surface area contributed by atoms with Crippen LogP contribution in [0.25, 0.3) is 0 Å². The molecule has 0 spiro atoms. The van der Waals surface area contributed by atoms with Crippen LogP contribution in [0.4, 0.5) is 0 Å².